The van der Waals surface area contributed by atoms with Crippen molar-refractivity contribution in [1.82, 2.24) is 9.80 Å². The molecule has 0 aromatic rings. The first-order valence-electron chi connectivity index (χ1n) is 6.98. The molecule has 2 heterocycles. The van der Waals surface area contributed by atoms with E-state index in [4.69, 9.17) is 9.84 Å². The number of amides is 2. The lowest BCUT2D eigenvalue weighted by Crippen LogP contribution is -2.42. The molecule has 0 spiro atoms. The van der Waals surface area contributed by atoms with E-state index in [1.807, 2.05) is 0 Å². The second kappa shape index (κ2) is 6.98. The van der Waals surface area contributed by atoms with Gasteiger partial charge in [-0.3, -0.25) is 14.5 Å². The van der Waals surface area contributed by atoms with E-state index in [0.717, 1.165) is 32.5 Å². The summed E-state index contributed by atoms with van der Waals surface area (Å²) in [6, 6.07) is 0. The van der Waals surface area contributed by atoms with E-state index in [-0.39, 0.29) is 24.5 Å². The van der Waals surface area contributed by atoms with Crippen LogP contribution in [0.5, 0.6) is 0 Å². The van der Waals surface area contributed by atoms with Crippen LogP contribution in [0.2, 0.25) is 0 Å². The van der Waals surface area contributed by atoms with Gasteiger partial charge >= 0.3 is 0 Å². The number of likely N-dealkylation sites (tertiary alicyclic amines) is 2. The molecule has 6 heteroatoms. The van der Waals surface area contributed by atoms with Crippen LogP contribution in [0.3, 0.4) is 0 Å². The molecule has 19 heavy (non-hydrogen) atoms. The number of piperidine rings is 1. The van der Waals surface area contributed by atoms with Crippen LogP contribution in [0.15, 0.2) is 0 Å². The minimum Gasteiger partial charge on any atom is -0.394 e. The smallest absolute Gasteiger partial charge is 0.229 e. The summed E-state index contributed by atoms with van der Waals surface area (Å²) >= 11 is 0. The summed E-state index contributed by atoms with van der Waals surface area (Å²) < 4.78 is 5.50. The number of nitrogens with zero attached hydrogens (tertiary/aromatic N) is 2. The lowest BCUT2D eigenvalue weighted by molar-refractivity contribution is -0.138. The highest BCUT2D eigenvalue weighted by Gasteiger charge is 2.29. The fraction of sp³-hybridized carbons (Fsp3) is 0.846. The first-order chi connectivity index (χ1) is 9.20. The lowest BCUT2D eigenvalue weighted by Gasteiger charge is -2.32. The Morgan fingerprint density at radius 2 is 1.74 bits per heavy atom. The van der Waals surface area contributed by atoms with Gasteiger partial charge in [-0.15, -0.1) is 0 Å². The van der Waals surface area contributed by atoms with Gasteiger partial charge in [0.25, 0.3) is 0 Å². The Balaban J connectivity index is 1.65. The van der Waals surface area contributed by atoms with Gasteiger partial charge in [-0.25, -0.2) is 0 Å². The topological polar surface area (TPSA) is 70.1 Å². The van der Waals surface area contributed by atoms with E-state index in [1.54, 1.807) is 0 Å². The number of ether oxygens (including phenoxy) is 1. The largest absolute Gasteiger partial charge is 0.394 e. The first kappa shape index (κ1) is 14.4. The van der Waals surface area contributed by atoms with Crippen molar-refractivity contribution in [1.29, 1.82) is 0 Å². The molecule has 2 aliphatic heterocycles. The maximum Gasteiger partial charge on any atom is 0.229 e. The number of aliphatic hydroxyl groups excluding tert-OH is 1. The van der Waals surface area contributed by atoms with E-state index in [1.165, 1.54) is 4.90 Å². The number of hydrogen-bond acceptors (Lipinski definition) is 5. The van der Waals surface area contributed by atoms with Gasteiger partial charge in [0, 0.05) is 39.0 Å². The number of carbonyl (C=O) groups excluding carboxylic acids is 2. The van der Waals surface area contributed by atoms with E-state index in [2.05, 4.69) is 4.90 Å². The van der Waals surface area contributed by atoms with E-state index >= 15 is 0 Å². The Morgan fingerprint density at radius 1 is 1.11 bits per heavy atom. The van der Waals surface area contributed by atoms with Crippen molar-refractivity contribution in [3.63, 3.8) is 0 Å². The average Bonchev–Trinajstić information content (AvgIpc) is 2.75. The Hall–Kier alpha value is -0.980. The van der Waals surface area contributed by atoms with Gasteiger partial charge in [0.1, 0.15) is 0 Å². The Labute approximate surface area is 113 Å². The van der Waals surface area contributed by atoms with Crippen LogP contribution in [0.1, 0.15) is 25.7 Å². The Kier molecular flexibility index (Phi) is 5.30. The third kappa shape index (κ3) is 3.99. The van der Waals surface area contributed by atoms with Gasteiger partial charge in [-0.1, -0.05) is 0 Å². The van der Waals surface area contributed by atoms with Crippen LogP contribution < -0.4 is 0 Å². The molecule has 1 N–H and O–H groups in total. The minimum absolute atomic E-state index is 0.0360. The predicted molar refractivity (Wildman–Crippen MR) is 68.5 cm³/mol. The molecule has 2 saturated heterocycles. The van der Waals surface area contributed by atoms with Crippen molar-refractivity contribution in [3.8, 4) is 0 Å². The molecule has 2 amide bonds. The average molecular weight is 270 g/mol. The number of hydrogen-bond donors (Lipinski definition) is 1. The summed E-state index contributed by atoms with van der Waals surface area (Å²) in [5.41, 5.74) is 0. The monoisotopic (exact) mass is 270 g/mol. The van der Waals surface area contributed by atoms with Crippen molar-refractivity contribution in [3.05, 3.63) is 0 Å². The third-order valence-corrected chi connectivity index (χ3v) is 3.77. The van der Waals surface area contributed by atoms with Crippen LogP contribution in [0.25, 0.3) is 0 Å². The molecule has 0 radical (unpaired) electrons. The van der Waals surface area contributed by atoms with Gasteiger partial charge < -0.3 is 14.7 Å². The van der Waals surface area contributed by atoms with Gasteiger partial charge in [0.05, 0.1) is 19.3 Å². The van der Waals surface area contributed by atoms with Crippen LogP contribution in [-0.4, -0.2) is 72.2 Å². The molecule has 0 aromatic heterocycles. The molecule has 2 rings (SSSR count). The zero-order valence-electron chi connectivity index (χ0n) is 11.2. The van der Waals surface area contributed by atoms with Crippen molar-refractivity contribution < 1.29 is 19.4 Å². The second-order valence-corrected chi connectivity index (χ2v) is 5.07. The highest BCUT2D eigenvalue weighted by Crippen LogP contribution is 2.15. The second-order valence-electron chi connectivity index (χ2n) is 5.07. The van der Waals surface area contributed by atoms with E-state index in [9.17, 15) is 9.59 Å². The van der Waals surface area contributed by atoms with Crippen molar-refractivity contribution >= 4 is 11.8 Å². The van der Waals surface area contributed by atoms with Crippen molar-refractivity contribution in [2.75, 3.05) is 39.4 Å². The number of carbonyl (C=O) groups is 2. The van der Waals surface area contributed by atoms with Gasteiger partial charge in [-0.05, 0) is 12.8 Å². The SMILES string of the molecule is O=C1CCC(=O)N1CCN1CCC(OCCO)CC1. The van der Waals surface area contributed by atoms with Crippen LogP contribution >= 0.6 is 0 Å². The normalized spacial score (nSPS) is 22.5. The number of aliphatic hydroxyl groups is 1. The van der Waals surface area contributed by atoms with Crippen molar-refractivity contribution in [2.24, 2.45) is 0 Å². The molecule has 0 atom stereocenters. The zero-order chi connectivity index (χ0) is 13.7. The molecule has 0 aromatic carbocycles. The summed E-state index contributed by atoms with van der Waals surface area (Å²) in [4.78, 5) is 26.6. The third-order valence-electron chi connectivity index (χ3n) is 3.77. The highest BCUT2D eigenvalue weighted by molar-refractivity contribution is 6.01. The van der Waals surface area contributed by atoms with Gasteiger partial charge in [0.15, 0.2) is 0 Å². The standard InChI is InChI=1S/C13H22N2O4/c16-9-10-19-11-3-5-14(6-4-11)7-8-15-12(17)1-2-13(15)18/h11,16H,1-10H2. The maximum atomic E-state index is 11.5. The molecular formula is C13H22N2O4. The Bertz CT molecular complexity index is 311. The molecule has 0 bridgehead atoms. The molecule has 2 fully saturated rings. The maximum absolute atomic E-state index is 11.5. The first-order valence-corrected chi connectivity index (χ1v) is 6.98. The summed E-state index contributed by atoms with van der Waals surface area (Å²) in [6.07, 6.45) is 2.87. The summed E-state index contributed by atoms with van der Waals surface area (Å²) in [7, 11) is 0. The van der Waals surface area contributed by atoms with Gasteiger partial charge in [0.2, 0.25) is 11.8 Å². The summed E-state index contributed by atoms with van der Waals surface area (Å²) in [5, 5.41) is 8.70. The number of rotatable bonds is 6. The molecule has 2 aliphatic rings. The minimum atomic E-state index is -0.0360. The molecule has 0 aliphatic carbocycles. The quantitative estimate of drug-likeness (QED) is 0.666. The van der Waals surface area contributed by atoms with Crippen molar-refractivity contribution in [2.45, 2.75) is 31.8 Å². The molecular weight excluding hydrogens is 248 g/mol. The van der Waals surface area contributed by atoms with E-state index < -0.39 is 0 Å². The fourth-order valence-corrected chi connectivity index (χ4v) is 2.63. The number of imide groups is 1. The molecule has 108 valence electrons. The molecule has 0 saturated carbocycles. The fourth-order valence-electron chi connectivity index (χ4n) is 2.63. The lowest BCUT2D eigenvalue weighted by atomic mass is 10.1. The zero-order valence-corrected chi connectivity index (χ0v) is 11.2. The predicted octanol–water partition coefficient (Wildman–Crippen LogP) is -0.391. The Morgan fingerprint density at radius 3 is 2.32 bits per heavy atom. The van der Waals surface area contributed by atoms with Crippen LogP contribution in [0, 0.1) is 0 Å². The van der Waals surface area contributed by atoms with Crippen LogP contribution in [-0.2, 0) is 14.3 Å². The van der Waals surface area contributed by atoms with Gasteiger partial charge in [-0.2, -0.15) is 0 Å². The summed E-state index contributed by atoms with van der Waals surface area (Å²) in [6.45, 7) is 3.59. The molecule has 0 unspecified atom stereocenters. The van der Waals surface area contributed by atoms with Crippen LogP contribution in [0.4, 0.5) is 0 Å². The highest BCUT2D eigenvalue weighted by atomic mass is 16.5. The molecule has 6 nitrogen and oxygen atoms in total. The van der Waals surface area contributed by atoms with E-state index in [0.29, 0.717) is 26.0 Å². The summed E-state index contributed by atoms with van der Waals surface area (Å²) in [5.74, 6) is -0.0719.